The molecule has 0 bridgehead atoms. The quantitative estimate of drug-likeness (QED) is 0.490. The van der Waals surface area contributed by atoms with E-state index in [2.05, 4.69) is 16.2 Å². The monoisotopic (exact) mass is 355 g/mol. The van der Waals surface area contributed by atoms with E-state index in [1.165, 1.54) is 12.1 Å². The van der Waals surface area contributed by atoms with Crippen molar-refractivity contribution in [2.75, 3.05) is 10.7 Å². The Labute approximate surface area is 142 Å². The number of carboxylic acids is 1. The number of carbonyl (C=O) groups is 1. The molecule has 5 nitrogen and oxygen atoms in total. The molecule has 2 rings (SSSR count). The van der Waals surface area contributed by atoms with Crippen LogP contribution in [0.25, 0.3) is 0 Å². The van der Waals surface area contributed by atoms with Gasteiger partial charge in [0.15, 0.2) is 5.11 Å². The Balaban J connectivity index is 1.95. The molecule has 0 unspecified atom stereocenters. The second kappa shape index (κ2) is 7.31. The molecule has 0 aliphatic rings. The predicted molar refractivity (Wildman–Crippen MR) is 92.8 cm³/mol. The number of hydrogen-bond donors (Lipinski definition) is 4. The minimum Gasteiger partial charge on any atom is -0.478 e. The van der Waals surface area contributed by atoms with E-state index in [1.807, 2.05) is 0 Å². The highest BCUT2D eigenvalue weighted by molar-refractivity contribution is 7.80. The topological polar surface area (TPSA) is 73.4 Å². The molecule has 0 radical (unpaired) electrons. The van der Waals surface area contributed by atoms with Gasteiger partial charge in [0.05, 0.1) is 16.3 Å². The number of aromatic carboxylic acids is 1. The van der Waals surface area contributed by atoms with Crippen molar-refractivity contribution in [1.29, 1.82) is 0 Å². The summed E-state index contributed by atoms with van der Waals surface area (Å²) in [6.45, 7) is 0. The number of hydrogen-bond acceptors (Lipinski definition) is 3. The summed E-state index contributed by atoms with van der Waals surface area (Å²) in [5, 5.41) is 13.1. The first-order valence-corrected chi connectivity index (χ1v) is 7.23. The summed E-state index contributed by atoms with van der Waals surface area (Å²) in [4.78, 5) is 11.0. The average molecular weight is 356 g/mol. The van der Waals surface area contributed by atoms with E-state index in [-0.39, 0.29) is 10.6 Å². The largest absolute Gasteiger partial charge is 0.478 e. The molecule has 0 heterocycles. The molecule has 22 heavy (non-hydrogen) atoms. The van der Waals surface area contributed by atoms with Gasteiger partial charge >= 0.3 is 5.97 Å². The van der Waals surface area contributed by atoms with Gasteiger partial charge in [-0.05, 0) is 54.7 Å². The van der Waals surface area contributed by atoms with Crippen molar-refractivity contribution in [3.63, 3.8) is 0 Å². The summed E-state index contributed by atoms with van der Waals surface area (Å²) in [6.07, 6.45) is 0. The van der Waals surface area contributed by atoms with Crippen LogP contribution in [0, 0.1) is 0 Å². The first kappa shape index (κ1) is 16.4. The van der Waals surface area contributed by atoms with E-state index in [0.29, 0.717) is 15.8 Å². The van der Waals surface area contributed by atoms with Gasteiger partial charge in [0, 0.05) is 10.7 Å². The summed E-state index contributed by atoms with van der Waals surface area (Å²) >= 11 is 16.7. The highest BCUT2D eigenvalue weighted by atomic mass is 35.5. The summed E-state index contributed by atoms with van der Waals surface area (Å²) in [5.74, 6) is -1.10. The van der Waals surface area contributed by atoms with Gasteiger partial charge in [-0.2, -0.15) is 0 Å². The summed E-state index contributed by atoms with van der Waals surface area (Å²) in [6, 6.07) is 11.6. The highest BCUT2D eigenvalue weighted by Crippen LogP contribution is 2.20. The van der Waals surface area contributed by atoms with Crippen molar-refractivity contribution in [2.24, 2.45) is 0 Å². The summed E-state index contributed by atoms with van der Waals surface area (Å²) < 4.78 is 0. The van der Waals surface area contributed by atoms with Crippen molar-refractivity contribution in [1.82, 2.24) is 5.43 Å². The van der Waals surface area contributed by atoms with E-state index in [9.17, 15) is 4.79 Å². The van der Waals surface area contributed by atoms with Crippen LogP contribution < -0.4 is 16.2 Å². The number of halogens is 2. The lowest BCUT2D eigenvalue weighted by atomic mass is 10.2. The molecule has 0 aliphatic carbocycles. The van der Waals surface area contributed by atoms with Crippen LogP contribution in [0.4, 0.5) is 11.4 Å². The lowest BCUT2D eigenvalue weighted by Crippen LogP contribution is -2.33. The number of thiocarbonyl (C=S) groups is 1. The van der Waals surface area contributed by atoms with Crippen LogP contribution in [-0.4, -0.2) is 16.2 Å². The molecule has 114 valence electrons. The van der Waals surface area contributed by atoms with Gasteiger partial charge in [-0.1, -0.05) is 23.2 Å². The summed E-state index contributed by atoms with van der Waals surface area (Å²) in [5.41, 5.74) is 6.84. The van der Waals surface area contributed by atoms with Crippen LogP contribution in [0.2, 0.25) is 10.0 Å². The Hall–Kier alpha value is -2.02. The normalized spacial score (nSPS) is 9.91. The van der Waals surface area contributed by atoms with Crippen molar-refractivity contribution >= 4 is 57.9 Å². The lowest BCUT2D eigenvalue weighted by molar-refractivity contribution is 0.0697. The Kier molecular flexibility index (Phi) is 5.43. The van der Waals surface area contributed by atoms with E-state index in [1.54, 1.807) is 30.3 Å². The van der Waals surface area contributed by atoms with Crippen molar-refractivity contribution in [2.45, 2.75) is 0 Å². The van der Waals surface area contributed by atoms with Crippen LogP contribution >= 0.6 is 35.4 Å². The predicted octanol–water partition coefficient (Wildman–Crippen LogP) is 4.01. The van der Waals surface area contributed by atoms with Gasteiger partial charge < -0.3 is 10.4 Å². The van der Waals surface area contributed by atoms with E-state index >= 15 is 0 Å². The molecule has 0 saturated heterocycles. The highest BCUT2D eigenvalue weighted by Gasteiger charge is 2.09. The van der Waals surface area contributed by atoms with Crippen LogP contribution in [-0.2, 0) is 0 Å². The van der Waals surface area contributed by atoms with Crippen LogP contribution in [0.3, 0.4) is 0 Å². The first-order valence-electron chi connectivity index (χ1n) is 6.07. The molecule has 4 N–H and O–H groups in total. The fourth-order valence-electron chi connectivity index (χ4n) is 1.59. The Bertz CT molecular complexity index is 708. The molecule has 2 aromatic carbocycles. The Morgan fingerprint density at radius 2 is 1.68 bits per heavy atom. The third-order valence-electron chi connectivity index (χ3n) is 2.62. The van der Waals surface area contributed by atoms with Crippen LogP contribution in [0.5, 0.6) is 0 Å². The number of nitrogens with one attached hydrogen (secondary N) is 3. The van der Waals surface area contributed by atoms with E-state index < -0.39 is 5.97 Å². The Morgan fingerprint density at radius 3 is 2.32 bits per heavy atom. The van der Waals surface area contributed by atoms with E-state index in [4.69, 9.17) is 40.5 Å². The maximum atomic E-state index is 11.0. The van der Waals surface area contributed by atoms with Crippen molar-refractivity contribution < 1.29 is 9.90 Å². The number of hydrazine groups is 1. The van der Waals surface area contributed by atoms with Gasteiger partial charge in [0.2, 0.25) is 0 Å². The zero-order valence-electron chi connectivity index (χ0n) is 11.1. The SMILES string of the molecule is O=C(O)c1cc(NNC(=S)Nc2ccc(Cl)cc2)ccc1Cl. The fourth-order valence-corrected chi connectivity index (χ4v) is 2.08. The standard InChI is InChI=1S/C14H11Cl2N3O2S/c15-8-1-3-9(4-2-8)17-14(22)19-18-10-5-6-12(16)11(7-10)13(20)21/h1-7,18H,(H,20,21)(H2,17,19,22). The number of anilines is 2. The minimum atomic E-state index is -1.10. The smallest absolute Gasteiger partial charge is 0.337 e. The Morgan fingerprint density at radius 1 is 1.05 bits per heavy atom. The fraction of sp³-hybridized carbons (Fsp3) is 0. The molecule has 0 fully saturated rings. The molecule has 0 atom stereocenters. The minimum absolute atomic E-state index is 0.00467. The number of rotatable bonds is 4. The van der Waals surface area contributed by atoms with Crippen molar-refractivity contribution in [3.8, 4) is 0 Å². The van der Waals surface area contributed by atoms with Crippen LogP contribution in [0.15, 0.2) is 42.5 Å². The van der Waals surface area contributed by atoms with Gasteiger partial charge in [-0.25, -0.2) is 4.79 Å². The molecule has 8 heteroatoms. The van der Waals surface area contributed by atoms with Crippen molar-refractivity contribution in [3.05, 3.63) is 58.1 Å². The van der Waals surface area contributed by atoms with Crippen LogP contribution in [0.1, 0.15) is 10.4 Å². The summed E-state index contributed by atoms with van der Waals surface area (Å²) in [7, 11) is 0. The number of carboxylic acid groups (broad SMARTS) is 1. The second-order valence-corrected chi connectivity index (χ2v) is 5.46. The maximum absolute atomic E-state index is 11.0. The zero-order valence-corrected chi connectivity index (χ0v) is 13.4. The van der Waals surface area contributed by atoms with Gasteiger partial charge in [0.25, 0.3) is 0 Å². The third kappa shape index (κ3) is 4.49. The molecular formula is C14H11Cl2N3O2S. The molecule has 0 aromatic heterocycles. The molecule has 0 spiro atoms. The molecular weight excluding hydrogens is 345 g/mol. The third-order valence-corrected chi connectivity index (χ3v) is 3.40. The zero-order chi connectivity index (χ0) is 16.1. The van der Waals surface area contributed by atoms with Gasteiger partial charge in [-0.3, -0.25) is 10.9 Å². The average Bonchev–Trinajstić information content (AvgIpc) is 2.48. The second-order valence-electron chi connectivity index (χ2n) is 4.21. The van der Waals surface area contributed by atoms with Gasteiger partial charge in [0.1, 0.15) is 0 Å². The number of benzene rings is 2. The first-order chi connectivity index (χ1) is 10.5. The van der Waals surface area contributed by atoms with E-state index in [0.717, 1.165) is 5.69 Å². The molecule has 0 saturated carbocycles. The molecule has 0 aliphatic heterocycles. The van der Waals surface area contributed by atoms with Gasteiger partial charge in [-0.15, -0.1) is 0 Å². The molecule has 2 aromatic rings. The maximum Gasteiger partial charge on any atom is 0.337 e. The lowest BCUT2D eigenvalue weighted by Gasteiger charge is -2.13. The molecule has 0 amide bonds.